The summed E-state index contributed by atoms with van der Waals surface area (Å²) in [6.07, 6.45) is 1.53. The zero-order chi connectivity index (χ0) is 13.9. The third-order valence-electron chi connectivity index (χ3n) is 2.63. The number of nitrogens with zero attached hydrogens (tertiary/aromatic N) is 1. The molecule has 7 heteroatoms. The minimum atomic E-state index is -3.45. The van der Waals surface area contributed by atoms with Crippen molar-refractivity contribution in [3.63, 3.8) is 0 Å². The lowest BCUT2D eigenvalue weighted by Gasteiger charge is -2.14. The number of rotatable bonds is 6. The largest absolute Gasteiger partial charge is 0.468 e. The molecule has 0 saturated carbocycles. The van der Waals surface area contributed by atoms with Crippen molar-refractivity contribution in [2.24, 2.45) is 0 Å². The van der Waals surface area contributed by atoms with Crippen molar-refractivity contribution in [3.05, 3.63) is 41.2 Å². The summed E-state index contributed by atoms with van der Waals surface area (Å²) < 4.78 is 31.5. The van der Waals surface area contributed by atoms with Crippen LogP contribution in [0.15, 0.2) is 38.5 Å². The SMILES string of the molecule is CNCc1csc(S(=O)(=O)N(C)Cc2ccco2)c1. The van der Waals surface area contributed by atoms with Crippen molar-refractivity contribution in [3.8, 4) is 0 Å². The van der Waals surface area contributed by atoms with E-state index in [1.165, 1.54) is 21.9 Å². The van der Waals surface area contributed by atoms with E-state index in [9.17, 15) is 8.42 Å². The molecule has 0 radical (unpaired) electrons. The van der Waals surface area contributed by atoms with Crippen LogP contribution in [0.1, 0.15) is 11.3 Å². The summed E-state index contributed by atoms with van der Waals surface area (Å²) in [7, 11) is -0.0693. The smallest absolute Gasteiger partial charge is 0.252 e. The number of sulfonamides is 1. The maximum Gasteiger partial charge on any atom is 0.252 e. The minimum Gasteiger partial charge on any atom is -0.468 e. The minimum absolute atomic E-state index is 0.231. The van der Waals surface area contributed by atoms with Gasteiger partial charge in [0.15, 0.2) is 0 Å². The highest BCUT2D eigenvalue weighted by molar-refractivity contribution is 7.91. The van der Waals surface area contributed by atoms with Crippen LogP contribution in [0.2, 0.25) is 0 Å². The predicted molar refractivity (Wildman–Crippen MR) is 74.4 cm³/mol. The molecule has 2 aromatic rings. The summed E-state index contributed by atoms with van der Waals surface area (Å²) in [5.41, 5.74) is 0.970. The molecule has 19 heavy (non-hydrogen) atoms. The molecule has 2 aromatic heterocycles. The fraction of sp³-hybridized carbons (Fsp3) is 0.333. The lowest BCUT2D eigenvalue weighted by molar-refractivity contribution is 0.407. The third kappa shape index (κ3) is 3.24. The molecule has 1 N–H and O–H groups in total. The summed E-state index contributed by atoms with van der Waals surface area (Å²) in [5.74, 6) is 0.623. The summed E-state index contributed by atoms with van der Waals surface area (Å²) in [6, 6.07) is 5.20. The van der Waals surface area contributed by atoms with Gasteiger partial charge in [-0.25, -0.2) is 8.42 Å². The summed E-state index contributed by atoms with van der Waals surface area (Å²) in [4.78, 5) is 0. The first-order valence-corrected chi connectivity index (χ1v) is 8.06. The van der Waals surface area contributed by atoms with E-state index in [-0.39, 0.29) is 6.54 Å². The van der Waals surface area contributed by atoms with Crippen molar-refractivity contribution in [1.82, 2.24) is 9.62 Å². The Bertz CT molecular complexity index is 617. The van der Waals surface area contributed by atoms with Crippen LogP contribution >= 0.6 is 11.3 Å². The van der Waals surface area contributed by atoms with Gasteiger partial charge in [-0.15, -0.1) is 11.3 Å². The van der Waals surface area contributed by atoms with Crippen LogP contribution in [0.4, 0.5) is 0 Å². The van der Waals surface area contributed by atoms with Crippen LogP contribution in [0.25, 0.3) is 0 Å². The number of thiophene rings is 1. The molecule has 0 fully saturated rings. The standard InChI is InChI=1S/C12H16N2O3S2/c1-13-7-10-6-12(18-9-10)19(15,16)14(2)8-11-4-3-5-17-11/h3-6,9,13H,7-8H2,1-2H3. The third-order valence-corrected chi connectivity index (χ3v) is 5.90. The fourth-order valence-electron chi connectivity index (χ4n) is 1.65. The highest BCUT2D eigenvalue weighted by atomic mass is 32.2. The molecule has 0 aliphatic carbocycles. The molecule has 0 aliphatic rings. The van der Waals surface area contributed by atoms with Gasteiger partial charge in [-0.3, -0.25) is 0 Å². The van der Waals surface area contributed by atoms with Gasteiger partial charge in [0, 0.05) is 13.6 Å². The Hall–Kier alpha value is -1.15. The number of hydrogen-bond acceptors (Lipinski definition) is 5. The fourth-order valence-corrected chi connectivity index (χ4v) is 4.20. The second-order valence-corrected chi connectivity index (χ2v) is 7.33. The molecule has 0 amide bonds. The molecule has 0 unspecified atom stereocenters. The highest BCUT2D eigenvalue weighted by Gasteiger charge is 2.23. The Balaban J connectivity index is 2.16. The Kier molecular flexibility index (Phi) is 4.41. The van der Waals surface area contributed by atoms with E-state index in [1.807, 2.05) is 12.4 Å². The van der Waals surface area contributed by atoms with Gasteiger partial charge in [-0.2, -0.15) is 4.31 Å². The molecule has 0 bridgehead atoms. The molecule has 0 saturated heterocycles. The number of hydrogen-bond donors (Lipinski definition) is 1. The van der Waals surface area contributed by atoms with Gasteiger partial charge in [0.05, 0.1) is 12.8 Å². The maximum atomic E-state index is 12.4. The van der Waals surface area contributed by atoms with E-state index in [0.29, 0.717) is 16.5 Å². The number of furan rings is 1. The van der Waals surface area contributed by atoms with Crippen molar-refractivity contribution in [2.45, 2.75) is 17.3 Å². The van der Waals surface area contributed by atoms with Crippen LogP contribution in [-0.2, 0) is 23.1 Å². The van der Waals surface area contributed by atoms with E-state index in [2.05, 4.69) is 5.32 Å². The average Bonchev–Trinajstić information content (AvgIpc) is 3.00. The molecule has 5 nitrogen and oxygen atoms in total. The van der Waals surface area contributed by atoms with Gasteiger partial charge >= 0.3 is 0 Å². The molecule has 2 heterocycles. The van der Waals surface area contributed by atoms with Gasteiger partial charge < -0.3 is 9.73 Å². The summed E-state index contributed by atoms with van der Waals surface area (Å²) >= 11 is 1.24. The molecule has 0 atom stereocenters. The molecular formula is C12H16N2O3S2. The van der Waals surface area contributed by atoms with Crippen LogP contribution in [0, 0.1) is 0 Å². The van der Waals surface area contributed by atoms with Crippen LogP contribution in [0.5, 0.6) is 0 Å². The first-order valence-electron chi connectivity index (χ1n) is 5.75. The van der Waals surface area contributed by atoms with Crippen LogP contribution < -0.4 is 5.32 Å². The van der Waals surface area contributed by atoms with Gasteiger partial charge in [0.2, 0.25) is 0 Å². The first-order chi connectivity index (χ1) is 9.04. The molecular weight excluding hydrogens is 284 g/mol. The zero-order valence-corrected chi connectivity index (χ0v) is 12.4. The second kappa shape index (κ2) is 5.87. The van der Waals surface area contributed by atoms with Crippen molar-refractivity contribution in [1.29, 1.82) is 0 Å². The van der Waals surface area contributed by atoms with Crippen LogP contribution in [-0.4, -0.2) is 26.8 Å². The van der Waals surface area contributed by atoms with E-state index in [1.54, 1.807) is 25.2 Å². The van der Waals surface area contributed by atoms with Crippen molar-refractivity contribution < 1.29 is 12.8 Å². The Morgan fingerprint density at radius 1 is 1.47 bits per heavy atom. The lowest BCUT2D eigenvalue weighted by atomic mass is 10.3. The maximum absolute atomic E-state index is 12.4. The predicted octanol–water partition coefficient (Wildman–Crippen LogP) is 1.88. The average molecular weight is 300 g/mol. The quantitative estimate of drug-likeness (QED) is 0.885. The van der Waals surface area contributed by atoms with Gasteiger partial charge in [-0.1, -0.05) is 0 Å². The lowest BCUT2D eigenvalue weighted by Crippen LogP contribution is -2.25. The molecule has 104 valence electrons. The molecule has 0 aromatic carbocycles. The first kappa shape index (κ1) is 14.3. The van der Waals surface area contributed by atoms with Crippen molar-refractivity contribution in [2.75, 3.05) is 14.1 Å². The van der Waals surface area contributed by atoms with E-state index in [0.717, 1.165) is 5.56 Å². The molecule has 2 rings (SSSR count). The monoisotopic (exact) mass is 300 g/mol. The van der Waals surface area contributed by atoms with Gasteiger partial charge in [-0.05, 0) is 36.2 Å². The van der Waals surface area contributed by atoms with E-state index in [4.69, 9.17) is 4.42 Å². The van der Waals surface area contributed by atoms with Gasteiger partial charge in [0.25, 0.3) is 10.0 Å². The summed E-state index contributed by atoms with van der Waals surface area (Å²) in [6.45, 7) is 0.891. The van der Waals surface area contributed by atoms with E-state index >= 15 is 0 Å². The topological polar surface area (TPSA) is 62.6 Å². The van der Waals surface area contributed by atoms with Gasteiger partial charge in [0.1, 0.15) is 9.97 Å². The zero-order valence-electron chi connectivity index (χ0n) is 10.8. The summed E-state index contributed by atoms with van der Waals surface area (Å²) in [5, 5.41) is 4.85. The van der Waals surface area contributed by atoms with E-state index < -0.39 is 10.0 Å². The Morgan fingerprint density at radius 2 is 2.26 bits per heavy atom. The van der Waals surface area contributed by atoms with Crippen molar-refractivity contribution >= 4 is 21.4 Å². The Labute approximate surface area is 116 Å². The molecule has 0 aliphatic heterocycles. The van der Waals surface area contributed by atoms with Crippen LogP contribution in [0.3, 0.4) is 0 Å². The second-order valence-electron chi connectivity index (χ2n) is 4.14. The Morgan fingerprint density at radius 3 is 2.89 bits per heavy atom. The number of nitrogens with one attached hydrogen (secondary N) is 1. The molecule has 0 spiro atoms. The highest BCUT2D eigenvalue weighted by Crippen LogP contribution is 2.24. The normalized spacial score (nSPS) is 12.2.